The molecule has 2 aromatic rings. The van der Waals surface area contributed by atoms with Gasteiger partial charge in [-0.3, -0.25) is 4.90 Å². The van der Waals surface area contributed by atoms with E-state index in [1.807, 2.05) is 31.3 Å². The van der Waals surface area contributed by atoms with E-state index in [-0.39, 0.29) is 6.10 Å². The second-order valence-electron chi connectivity index (χ2n) is 6.33. The first-order chi connectivity index (χ1) is 11.1. The van der Waals surface area contributed by atoms with Crippen LogP contribution in [0.3, 0.4) is 0 Å². The Hall–Kier alpha value is -1.43. The van der Waals surface area contributed by atoms with E-state index in [0.717, 1.165) is 31.4 Å². The van der Waals surface area contributed by atoms with Gasteiger partial charge >= 0.3 is 0 Å². The van der Waals surface area contributed by atoms with Crippen LogP contribution in [0.4, 0.5) is 0 Å². The number of benzene rings is 1. The Morgan fingerprint density at radius 2 is 2.00 bits per heavy atom. The lowest BCUT2D eigenvalue weighted by Gasteiger charge is -2.30. The van der Waals surface area contributed by atoms with E-state index >= 15 is 0 Å². The average molecular weight is 336 g/mol. The SMILES string of the molecule is CN(Cc1nc(-c2ccc(Cl)cc2)no1)CC1CCCCC1O. The van der Waals surface area contributed by atoms with E-state index in [1.54, 1.807) is 0 Å². The van der Waals surface area contributed by atoms with Gasteiger partial charge in [0, 0.05) is 17.1 Å². The Morgan fingerprint density at radius 3 is 2.74 bits per heavy atom. The van der Waals surface area contributed by atoms with Crippen molar-refractivity contribution in [3.8, 4) is 11.4 Å². The highest BCUT2D eigenvalue weighted by molar-refractivity contribution is 6.30. The third kappa shape index (κ3) is 4.31. The van der Waals surface area contributed by atoms with Gasteiger partial charge in [0.15, 0.2) is 0 Å². The summed E-state index contributed by atoms with van der Waals surface area (Å²) < 4.78 is 5.34. The quantitative estimate of drug-likeness (QED) is 0.907. The number of hydrogen-bond acceptors (Lipinski definition) is 5. The molecule has 2 atom stereocenters. The third-order valence-corrected chi connectivity index (χ3v) is 4.64. The van der Waals surface area contributed by atoms with Gasteiger partial charge in [-0.25, -0.2) is 0 Å². The smallest absolute Gasteiger partial charge is 0.241 e. The van der Waals surface area contributed by atoms with Gasteiger partial charge in [0.2, 0.25) is 11.7 Å². The number of hydrogen-bond donors (Lipinski definition) is 1. The molecule has 0 amide bonds. The van der Waals surface area contributed by atoms with E-state index < -0.39 is 0 Å². The summed E-state index contributed by atoms with van der Waals surface area (Å²) in [6.45, 7) is 1.43. The first-order valence-corrected chi connectivity index (χ1v) is 8.45. The predicted molar refractivity (Wildman–Crippen MR) is 89.0 cm³/mol. The Bertz CT molecular complexity index is 629. The molecular formula is C17H22ClN3O2. The highest BCUT2D eigenvalue weighted by Crippen LogP contribution is 2.25. The summed E-state index contributed by atoms with van der Waals surface area (Å²) in [5.74, 6) is 1.50. The van der Waals surface area contributed by atoms with Gasteiger partial charge in [-0.1, -0.05) is 29.6 Å². The topological polar surface area (TPSA) is 62.4 Å². The van der Waals surface area contributed by atoms with Gasteiger partial charge in [0.25, 0.3) is 0 Å². The lowest BCUT2D eigenvalue weighted by Crippen LogP contribution is -2.34. The summed E-state index contributed by atoms with van der Waals surface area (Å²) in [4.78, 5) is 6.57. The average Bonchev–Trinajstić information content (AvgIpc) is 2.98. The lowest BCUT2D eigenvalue weighted by atomic mass is 9.86. The first kappa shape index (κ1) is 16.4. The molecule has 3 rings (SSSR count). The van der Waals surface area contributed by atoms with Crippen molar-refractivity contribution < 1.29 is 9.63 Å². The van der Waals surface area contributed by atoms with E-state index in [2.05, 4.69) is 15.0 Å². The van der Waals surface area contributed by atoms with Gasteiger partial charge in [-0.15, -0.1) is 0 Å². The molecule has 1 N–H and O–H groups in total. The minimum absolute atomic E-state index is 0.182. The Morgan fingerprint density at radius 1 is 1.26 bits per heavy atom. The van der Waals surface area contributed by atoms with E-state index in [0.29, 0.717) is 29.2 Å². The van der Waals surface area contributed by atoms with E-state index in [9.17, 15) is 5.11 Å². The maximum Gasteiger partial charge on any atom is 0.241 e. The molecule has 1 saturated carbocycles. The molecule has 0 aliphatic heterocycles. The molecular weight excluding hydrogens is 314 g/mol. The third-order valence-electron chi connectivity index (χ3n) is 4.39. The van der Waals surface area contributed by atoms with Gasteiger partial charge in [0.05, 0.1) is 12.6 Å². The number of halogens is 1. The highest BCUT2D eigenvalue weighted by atomic mass is 35.5. The van der Waals surface area contributed by atoms with Crippen LogP contribution in [0.1, 0.15) is 31.6 Å². The second-order valence-corrected chi connectivity index (χ2v) is 6.76. The number of aromatic nitrogens is 2. The van der Waals surface area contributed by atoms with Gasteiger partial charge in [0.1, 0.15) is 0 Å². The number of nitrogens with zero attached hydrogens (tertiary/aromatic N) is 3. The molecule has 2 unspecified atom stereocenters. The maximum absolute atomic E-state index is 10.1. The van der Waals surface area contributed by atoms with Crippen LogP contribution in [0, 0.1) is 5.92 Å². The zero-order chi connectivity index (χ0) is 16.2. The van der Waals surface area contributed by atoms with Gasteiger partial charge in [-0.05, 0) is 50.1 Å². The minimum Gasteiger partial charge on any atom is -0.393 e. The molecule has 1 aliphatic carbocycles. The van der Waals surface area contributed by atoms with Gasteiger partial charge < -0.3 is 9.63 Å². The van der Waals surface area contributed by atoms with E-state index in [4.69, 9.17) is 16.1 Å². The van der Waals surface area contributed by atoms with Crippen molar-refractivity contribution in [2.75, 3.05) is 13.6 Å². The van der Waals surface area contributed by atoms with Crippen molar-refractivity contribution in [1.82, 2.24) is 15.0 Å². The van der Waals surface area contributed by atoms with Crippen LogP contribution in [-0.2, 0) is 6.54 Å². The molecule has 23 heavy (non-hydrogen) atoms. The number of aliphatic hydroxyl groups is 1. The maximum atomic E-state index is 10.1. The van der Waals surface area contributed by atoms with Crippen LogP contribution in [0.2, 0.25) is 5.02 Å². The fraction of sp³-hybridized carbons (Fsp3) is 0.529. The molecule has 0 bridgehead atoms. The van der Waals surface area contributed by atoms with Crippen LogP contribution in [0.15, 0.2) is 28.8 Å². The number of aliphatic hydroxyl groups excluding tert-OH is 1. The zero-order valence-corrected chi connectivity index (χ0v) is 14.0. The van der Waals surface area contributed by atoms with Crippen LogP contribution >= 0.6 is 11.6 Å². The summed E-state index contributed by atoms with van der Waals surface area (Å²) in [5.41, 5.74) is 0.884. The van der Waals surface area contributed by atoms with Crippen LogP contribution in [0.5, 0.6) is 0 Å². The second kappa shape index (κ2) is 7.43. The van der Waals surface area contributed by atoms with Crippen LogP contribution in [0.25, 0.3) is 11.4 Å². The predicted octanol–water partition coefficient (Wildman–Crippen LogP) is 3.37. The molecule has 1 aliphatic rings. The van der Waals surface area contributed by atoms with Gasteiger partial charge in [-0.2, -0.15) is 4.98 Å². The fourth-order valence-electron chi connectivity index (χ4n) is 3.13. The zero-order valence-electron chi connectivity index (χ0n) is 13.3. The van der Waals surface area contributed by atoms with Crippen molar-refractivity contribution in [3.63, 3.8) is 0 Å². The largest absolute Gasteiger partial charge is 0.393 e. The monoisotopic (exact) mass is 335 g/mol. The summed E-state index contributed by atoms with van der Waals surface area (Å²) in [7, 11) is 2.02. The molecule has 0 saturated heterocycles. The molecule has 1 fully saturated rings. The minimum atomic E-state index is -0.182. The number of rotatable bonds is 5. The molecule has 1 aromatic carbocycles. The summed E-state index contributed by atoms with van der Waals surface area (Å²) in [6, 6.07) is 7.37. The van der Waals surface area contributed by atoms with Crippen molar-refractivity contribution in [1.29, 1.82) is 0 Å². The van der Waals surface area contributed by atoms with Crippen LogP contribution in [-0.4, -0.2) is 39.8 Å². The van der Waals surface area contributed by atoms with Crippen LogP contribution < -0.4 is 0 Å². The van der Waals surface area contributed by atoms with Crippen molar-refractivity contribution in [3.05, 3.63) is 35.2 Å². The molecule has 1 heterocycles. The molecule has 124 valence electrons. The standard InChI is InChI=1S/C17H22ClN3O2/c1-21(10-13-4-2-3-5-15(13)22)11-16-19-17(20-23-16)12-6-8-14(18)9-7-12/h6-9,13,15,22H,2-5,10-11H2,1H3. The normalized spacial score (nSPS) is 21.7. The van der Waals surface area contributed by atoms with Crippen molar-refractivity contribution >= 4 is 11.6 Å². The molecule has 5 nitrogen and oxygen atoms in total. The Labute approximate surface area is 141 Å². The Kier molecular flexibility index (Phi) is 5.30. The molecule has 0 spiro atoms. The first-order valence-electron chi connectivity index (χ1n) is 8.07. The van der Waals surface area contributed by atoms with Crippen molar-refractivity contribution in [2.24, 2.45) is 5.92 Å². The summed E-state index contributed by atoms with van der Waals surface area (Å²) in [5, 5.41) is 14.8. The molecule has 6 heteroatoms. The molecule has 0 radical (unpaired) electrons. The van der Waals surface area contributed by atoms with E-state index in [1.165, 1.54) is 6.42 Å². The lowest BCUT2D eigenvalue weighted by molar-refractivity contribution is 0.0484. The molecule has 1 aromatic heterocycles. The van der Waals surface area contributed by atoms with Crippen molar-refractivity contribution in [2.45, 2.75) is 38.3 Å². The Balaban J connectivity index is 1.58. The summed E-state index contributed by atoms with van der Waals surface area (Å²) in [6.07, 6.45) is 4.16. The summed E-state index contributed by atoms with van der Waals surface area (Å²) >= 11 is 5.89. The highest BCUT2D eigenvalue weighted by Gasteiger charge is 2.24. The fourth-order valence-corrected chi connectivity index (χ4v) is 3.26.